The predicted molar refractivity (Wildman–Crippen MR) is 86.8 cm³/mol. The predicted octanol–water partition coefficient (Wildman–Crippen LogP) is 3.62. The van der Waals surface area contributed by atoms with Gasteiger partial charge in [0.2, 0.25) is 0 Å². The van der Waals surface area contributed by atoms with Gasteiger partial charge in [-0.3, -0.25) is 5.43 Å². The largest absolute Gasteiger partial charge is 0.494 e. The van der Waals surface area contributed by atoms with Gasteiger partial charge in [0.1, 0.15) is 5.75 Å². The van der Waals surface area contributed by atoms with E-state index in [0.29, 0.717) is 6.61 Å². The maximum absolute atomic E-state index is 10.8. The number of rotatable bonds is 6. The van der Waals surface area contributed by atoms with Crippen LogP contribution in [0.4, 0.5) is 5.69 Å². The van der Waals surface area contributed by atoms with Crippen LogP contribution in [-0.4, -0.2) is 23.4 Å². The smallest absolute Gasteiger partial charge is 0.335 e. The Balaban J connectivity index is 2.03. The summed E-state index contributed by atoms with van der Waals surface area (Å²) in [7, 11) is 0. The average molecular weight is 298 g/mol. The third-order valence-corrected chi connectivity index (χ3v) is 3.07. The Morgan fingerprint density at radius 3 is 2.23 bits per heavy atom. The number of hydrazone groups is 1. The number of carbonyl (C=O) groups is 1. The fourth-order valence-corrected chi connectivity index (χ4v) is 1.86. The lowest BCUT2D eigenvalue weighted by molar-refractivity contribution is 0.0697. The van der Waals surface area contributed by atoms with E-state index in [9.17, 15) is 4.79 Å². The summed E-state index contributed by atoms with van der Waals surface area (Å²) >= 11 is 0. The Morgan fingerprint density at radius 2 is 1.68 bits per heavy atom. The molecule has 0 bridgehead atoms. The molecule has 2 aromatic carbocycles. The van der Waals surface area contributed by atoms with Gasteiger partial charge in [0, 0.05) is 0 Å². The lowest BCUT2D eigenvalue weighted by Gasteiger charge is -2.06. The van der Waals surface area contributed by atoms with Crippen LogP contribution in [-0.2, 0) is 0 Å². The Kier molecular flexibility index (Phi) is 5.14. The monoisotopic (exact) mass is 298 g/mol. The van der Waals surface area contributed by atoms with E-state index in [1.807, 2.05) is 38.1 Å². The van der Waals surface area contributed by atoms with Crippen molar-refractivity contribution >= 4 is 17.4 Å². The SMILES string of the molecule is CCOc1ccc(/C(C)=N\Nc2ccc(C(=O)O)cc2)cc1. The van der Waals surface area contributed by atoms with Crippen molar-refractivity contribution in [1.82, 2.24) is 0 Å². The number of carboxylic acid groups (broad SMARTS) is 1. The molecular formula is C17H18N2O3. The summed E-state index contributed by atoms with van der Waals surface area (Å²) in [5, 5.41) is 13.1. The molecule has 5 heteroatoms. The summed E-state index contributed by atoms with van der Waals surface area (Å²) in [5.41, 5.74) is 5.70. The summed E-state index contributed by atoms with van der Waals surface area (Å²) in [6.07, 6.45) is 0. The first kappa shape index (κ1) is 15.6. The van der Waals surface area contributed by atoms with E-state index in [2.05, 4.69) is 10.5 Å². The molecule has 0 amide bonds. The minimum absolute atomic E-state index is 0.248. The molecule has 0 fully saturated rings. The van der Waals surface area contributed by atoms with Crippen LogP contribution >= 0.6 is 0 Å². The molecule has 5 nitrogen and oxygen atoms in total. The first-order valence-electron chi connectivity index (χ1n) is 6.97. The van der Waals surface area contributed by atoms with Gasteiger partial charge in [0.25, 0.3) is 0 Å². The van der Waals surface area contributed by atoms with Crippen molar-refractivity contribution < 1.29 is 14.6 Å². The highest BCUT2D eigenvalue weighted by molar-refractivity contribution is 5.99. The standard InChI is InChI=1S/C17H18N2O3/c1-3-22-16-10-6-13(7-11-16)12(2)18-19-15-8-4-14(5-9-15)17(20)21/h4-11,19H,3H2,1-2H3,(H,20,21)/b18-12-. The number of anilines is 1. The molecule has 2 rings (SSSR count). The molecule has 0 heterocycles. The maximum atomic E-state index is 10.8. The molecule has 0 aliphatic heterocycles. The highest BCUT2D eigenvalue weighted by Gasteiger charge is 2.02. The number of ether oxygens (including phenoxy) is 1. The molecule has 2 N–H and O–H groups in total. The van der Waals surface area contributed by atoms with Gasteiger partial charge >= 0.3 is 5.97 Å². The molecule has 0 aliphatic rings. The lowest BCUT2D eigenvalue weighted by atomic mass is 10.1. The number of hydrogen-bond acceptors (Lipinski definition) is 4. The van der Waals surface area contributed by atoms with Crippen molar-refractivity contribution in [2.75, 3.05) is 12.0 Å². The van der Waals surface area contributed by atoms with Crippen LogP contribution in [0.25, 0.3) is 0 Å². The van der Waals surface area contributed by atoms with Crippen molar-refractivity contribution in [3.8, 4) is 5.75 Å². The molecule has 0 aliphatic carbocycles. The highest BCUT2D eigenvalue weighted by Crippen LogP contribution is 2.14. The highest BCUT2D eigenvalue weighted by atomic mass is 16.5. The summed E-state index contributed by atoms with van der Waals surface area (Å²) in [5.74, 6) is -0.114. The van der Waals surface area contributed by atoms with Crippen molar-refractivity contribution in [2.45, 2.75) is 13.8 Å². The second-order valence-corrected chi connectivity index (χ2v) is 4.65. The van der Waals surface area contributed by atoms with Crippen LogP contribution < -0.4 is 10.2 Å². The number of hydrogen-bond donors (Lipinski definition) is 2. The molecule has 0 unspecified atom stereocenters. The van der Waals surface area contributed by atoms with Crippen LogP contribution in [0.2, 0.25) is 0 Å². The second kappa shape index (κ2) is 7.26. The van der Waals surface area contributed by atoms with E-state index in [1.165, 1.54) is 12.1 Å². The average Bonchev–Trinajstić information content (AvgIpc) is 2.54. The fourth-order valence-electron chi connectivity index (χ4n) is 1.86. The number of benzene rings is 2. The van der Waals surface area contributed by atoms with E-state index in [1.54, 1.807) is 12.1 Å². The molecule has 0 spiro atoms. The number of carboxylic acids is 1. The van der Waals surface area contributed by atoms with Gasteiger partial charge in [-0.05, 0) is 67.9 Å². The molecule has 2 aromatic rings. The molecule has 114 valence electrons. The van der Waals surface area contributed by atoms with Crippen molar-refractivity contribution in [2.24, 2.45) is 5.10 Å². The number of aromatic carboxylic acids is 1. The summed E-state index contributed by atoms with van der Waals surface area (Å²) in [6, 6.07) is 14.1. The zero-order valence-electron chi connectivity index (χ0n) is 12.5. The molecule has 0 saturated heterocycles. The van der Waals surface area contributed by atoms with Crippen LogP contribution in [0, 0.1) is 0 Å². The second-order valence-electron chi connectivity index (χ2n) is 4.65. The molecule has 22 heavy (non-hydrogen) atoms. The van der Waals surface area contributed by atoms with Crippen LogP contribution in [0.1, 0.15) is 29.8 Å². The van der Waals surface area contributed by atoms with Gasteiger partial charge in [-0.1, -0.05) is 0 Å². The summed E-state index contributed by atoms with van der Waals surface area (Å²) in [4.78, 5) is 10.8. The Bertz CT molecular complexity index is 661. The van der Waals surface area contributed by atoms with Gasteiger partial charge in [-0.2, -0.15) is 5.10 Å². The van der Waals surface area contributed by atoms with Gasteiger partial charge < -0.3 is 9.84 Å². The molecular weight excluding hydrogens is 280 g/mol. The van der Waals surface area contributed by atoms with Crippen molar-refractivity contribution in [1.29, 1.82) is 0 Å². The third-order valence-electron chi connectivity index (χ3n) is 3.07. The normalized spacial score (nSPS) is 11.1. The van der Waals surface area contributed by atoms with E-state index in [-0.39, 0.29) is 5.56 Å². The van der Waals surface area contributed by atoms with E-state index >= 15 is 0 Å². The number of nitrogens with one attached hydrogen (secondary N) is 1. The van der Waals surface area contributed by atoms with Crippen LogP contribution in [0.3, 0.4) is 0 Å². The Hall–Kier alpha value is -2.82. The third kappa shape index (κ3) is 4.09. The molecule has 0 radical (unpaired) electrons. The van der Waals surface area contributed by atoms with Crippen LogP contribution in [0.5, 0.6) is 5.75 Å². The van der Waals surface area contributed by atoms with Gasteiger partial charge in [0.15, 0.2) is 0 Å². The molecule has 0 atom stereocenters. The van der Waals surface area contributed by atoms with Gasteiger partial charge in [0.05, 0.1) is 23.6 Å². The minimum atomic E-state index is -0.944. The quantitative estimate of drug-likeness (QED) is 0.631. The van der Waals surface area contributed by atoms with Gasteiger partial charge in [-0.15, -0.1) is 0 Å². The molecule has 0 aromatic heterocycles. The maximum Gasteiger partial charge on any atom is 0.335 e. The van der Waals surface area contributed by atoms with Gasteiger partial charge in [-0.25, -0.2) is 4.79 Å². The minimum Gasteiger partial charge on any atom is -0.494 e. The zero-order valence-corrected chi connectivity index (χ0v) is 12.5. The topological polar surface area (TPSA) is 70.9 Å². The molecule has 0 saturated carbocycles. The van der Waals surface area contributed by atoms with Crippen molar-refractivity contribution in [3.05, 3.63) is 59.7 Å². The zero-order chi connectivity index (χ0) is 15.9. The van der Waals surface area contributed by atoms with Crippen molar-refractivity contribution in [3.63, 3.8) is 0 Å². The Labute approximate surface area is 129 Å². The number of nitrogens with zero attached hydrogens (tertiary/aromatic N) is 1. The lowest BCUT2D eigenvalue weighted by Crippen LogP contribution is -2.01. The van der Waals surface area contributed by atoms with E-state index in [4.69, 9.17) is 9.84 Å². The fraction of sp³-hybridized carbons (Fsp3) is 0.176. The Morgan fingerprint density at radius 1 is 1.09 bits per heavy atom. The van der Waals surface area contributed by atoms with E-state index in [0.717, 1.165) is 22.7 Å². The summed E-state index contributed by atoms with van der Waals surface area (Å²) in [6.45, 7) is 4.48. The van der Waals surface area contributed by atoms with Crippen LogP contribution in [0.15, 0.2) is 53.6 Å². The first-order valence-corrected chi connectivity index (χ1v) is 6.97. The summed E-state index contributed by atoms with van der Waals surface area (Å²) < 4.78 is 5.40. The van der Waals surface area contributed by atoms with E-state index < -0.39 is 5.97 Å². The first-order chi connectivity index (χ1) is 10.6.